The van der Waals surface area contributed by atoms with Gasteiger partial charge in [0.1, 0.15) is 11.6 Å². The summed E-state index contributed by atoms with van der Waals surface area (Å²) >= 11 is 5.67. The fraction of sp³-hybridized carbons (Fsp3) is 0.294. The first-order chi connectivity index (χ1) is 12.6. The number of nitrogens with zero attached hydrogens (tertiary/aromatic N) is 1. The van der Waals surface area contributed by atoms with Crippen LogP contribution in [0.1, 0.15) is 12.8 Å². The summed E-state index contributed by atoms with van der Waals surface area (Å²) in [6, 6.07) is 7.47. The van der Waals surface area contributed by atoms with Crippen molar-refractivity contribution in [1.29, 1.82) is 0 Å². The van der Waals surface area contributed by atoms with Gasteiger partial charge in [0.25, 0.3) is 0 Å². The molecule has 0 spiro atoms. The molecule has 1 aliphatic heterocycles. The largest absolute Gasteiger partial charge is 0.243 e. The molecule has 27 heavy (non-hydrogen) atoms. The number of halogens is 3. The first kappa shape index (κ1) is 20.2. The zero-order valence-corrected chi connectivity index (χ0v) is 16.4. The van der Waals surface area contributed by atoms with Gasteiger partial charge in [-0.25, -0.2) is 25.6 Å². The Morgan fingerprint density at radius 2 is 1.59 bits per heavy atom. The normalized spacial score (nSPS) is 19.1. The van der Waals surface area contributed by atoms with E-state index in [9.17, 15) is 25.6 Å². The average Bonchev–Trinajstić information content (AvgIpc) is 2.64. The summed E-state index contributed by atoms with van der Waals surface area (Å²) < 4.78 is 78.6. The van der Waals surface area contributed by atoms with Crippen LogP contribution in [0.3, 0.4) is 0 Å². The van der Waals surface area contributed by atoms with E-state index in [1.54, 1.807) is 0 Å². The van der Waals surface area contributed by atoms with Crippen LogP contribution < -0.4 is 0 Å². The van der Waals surface area contributed by atoms with E-state index in [0.717, 1.165) is 46.8 Å². The Balaban J connectivity index is 1.89. The topological polar surface area (TPSA) is 71.5 Å². The van der Waals surface area contributed by atoms with Gasteiger partial charge < -0.3 is 0 Å². The van der Waals surface area contributed by atoms with E-state index in [2.05, 4.69) is 0 Å². The Hall–Kier alpha value is -1.55. The minimum atomic E-state index is -4.03. The minimum absolute atomic E-state index is 0.0574. The van der Waals surface area contributed by atoms with E-state index in [4.69, 9.17) is 11.6 Å². The minimum Gasteiger partial charge on any atom is -0.223 e. The molecule has 146 valence electrons. The Bertz CT molecular complexity index is 1060. The van der Waals surface area contributed by atoms with Crippen molar-refractivity contribution in [1.82, 2.24) is 4.31 Å². The van der Waals surface area contributed by atoms with Crippen molar-refractivity contribution in [3.63, 3.8) is 0 Å². The van der Waals surface area contributed by atoms with E-state index in [1.807, 2.05) is 0 Å². The summed E-state index contributed by atoms with van der Waals surface area (Å²) in [4.78, 5) is -0.258. The number of sulfonamides is 1. The van der Waals surface area contributed by atoms with E-state index in [0.29, 0.717) is 6.42 Å². The molecular formula is C17H16ClF2NO4S2. The second-order valence-corrected chi connectivity index (χ2v) is 10.8. The summed E-state index contributed by atoms with van der Waals surface area (Å²) in [5, 5.41) is -1.29. The third-order valence-electron chi connectivity index (χ3n) is 4.45. The fourth-order valence-corrected chi connectivity index (χ4v) is 6.62. The van der Waals surface area contributed by atoms with Crippen molar-refractivity contribution in [2.45, 2.75) is 27.9 Å². The first-order valence-electron chi connectivity index (χ1n) is 8.07. The van der Waals surface area contributed by atoms with Crippen LogP contribution in [-0.4, -0.2) is 39.5 Å². The summed E-state index contributed by atoms with van der Waals surface area (Å²) in [5.41, 5.74) is 0. The number of hydrogen-bond donors (Lipinski definition) is 0. The molecule has 1 heterocycles. The lowest BCUT2D eigenvalue weighted by atomic mass is 10.2. The Morgan fingerprint density at radius 3 is 2.22 bits per heavy atom. The van der Waals surface area contributed by atoms with E-state index in [1.165, 1.54) is 0 Å². The van der Waals surface area contributed by atoms with Gasteiger partial charge in [-0.15, -0.1) is 0 Å². The highest BCUT2D eigenvalue weighted by Gasteiger charge is 2.37. The number of benzene rings is 2. The average molecular weight is 436 g/mol. The van der Waals surface area contributed by atoms with E-state index >= 15 is 0 Å². The second kappa shape index (κ2) is 7.46. The van der Waals surface area contributed by atoms with E-state index in [-0.39, 0.29) is 34.3 Å². The van der Waals surface area contributed by atoms with Crippen molar-refractivity contribution in [2.24, 2.45) is 0 Å². The van der Waals surface area contributed by atoms with Gasteiger partial charge in [-0.3, -0.25) is 0 Å². The van der Waals surface area contributed by atoms with Crippen LogP contribution in [0.25, 0.3) is 0 Å². The molecule has 0 N–H and O–H groups in total. The zero-order valence-electron chi connectivity index (χ0n) is 14.0. The van der Waals surface area contributed by atoms with Crippen molar-refractivity contribution in [3.05, 3.63) is 59.1 Å². The van der Waals surface area contributed by atoms with Crippen molar-refractivity contribution in [2.75, 3.05) is 13.1 Å². The summed E-state index contributed by atoms with van der Waals surface area (Å²) in [6.07, 6.45) is 0.634. The van der Waals surface area contributed by atoms with Gasteiger partial charge in [-0.2, -0.15) is 4.31 Å². The lowest BCUT2D eigenvalue weighted by Gasteiger charge is -2.31. The van der Waals surface area contributed by atoms with Crippen molar-refractivity contribution in [3.8, 4) is 0 Å². The predicted molar refractivity (Wildman–Crippen MR) is 96.8 cm³/mol. The third kappa shape index (κ3) is 4.01. The molecule has 0 saturated carbocycles. The molecule has 0 aliphatic carbocycles. The maximum Gasteiger partial charge on any atom is 0.243 e. The molecule has 0 aromatic heterocycles. The van der Waals surface area contributed by atoms with Crippen molar-refractivity contribution < 1.29 is 25.6 Å². The molecule has 0 amide bonds. The molecule has 10 heteroatoms. The Kier molecular flexibility index (Phi) is 5.58. The maximum atomic E-state index is 13.3. The molecule has 0 radical (unpaired) electrons. The van der Waals surface area contributed by atoms with Gasteiger partial charge in [0, 0.05) is 13.1 Å². The molecule has 2 aromatic carbocycles. The van der Waals surface area contributed by atoms with Gasteiger partial charge in [-0.05, 0) is 55.3 Å². The predicted octanol–water partition coefficient (Wildman–Crippen LogP) is 3.25. The van der Waals surface area contributed by atoms with Crippen LogP contribution in [0, 0.1) is 11.6 Å². The smallest absolute Gasteiger partial charge is 0.223 e. The number of sulfone groups is 1. The standard InChI is InChI=1S/C17H16ClF2NO4S2/c18-16-10-14(7-8-17(16)20)27(24,25)21-9-1-2-15(11-21)26(22,23)13-5-3-12(19)4-6-13/h3-8,10,15H,1-2,9,11H2/t15-/m1/s1. The van der Waals surface area contributed by atoms with Gasteiger partial charge in [-0.1, -0.05) is 11.6 Å². The third-order valence-corrected chi connectivity index (χ3v) is 8.79. The highest BCUT2D eigenvalue weighted by Crippen LogP contribution is 2.29. The van der Waals surface area contributed by atoms with Gasteiger partial charge in [0.15, 0.2) is 9.84 Å². The quantitative estimate of drug-likeness (QED) is 0.691. The zero-order chi connectivity index (χ0) is 19.8. The van der Waals surface area contributed by atoms with Crippen LogP contribution in [0.2, 0.25) is 5.02 Å². The fourth-order valence-electron chi connectivity index (χ4n) is 2.98. The van der Waals surface area contributed by atoms with Crippen molar-refractivity contribution >= 4 is 31.5 Å². The summed E-state index contributed by atoms with van der Waals surface area (Å²) in [5.74, 6) is -1.30. The van der Waals surface area contributed by atoms with Crippen LogP contribution >= 0.6 is 11.6 Å². The molecule has 0 unspecified atom stereocenters. The molecule has 3 rings (SSSR count). The Morgan fingerprint density at radius 1 is 0.963 bits per heavy atom. The van der Waals surface area contributed by atoms with Crippen LogP contribution in [0.4, 0.5) is 8.78 Å². The molecule has 5 nitrogen and oxygen atoms in total. The second-order valence-electron chi connectivity index (χ2n) is 6.20. The van der Waals surface area contributed by atoms with Gasteiger partial charge in [0.2, 0.25) is 10.0 Å². The first-order valence-corrected chi connectivity index (χ1v) is 11.4. The summed E-state index contributed by atoms with van der Waals surface area (Å²) in [6.45, 7) is -0.0934. The molecule has 1 saturated heterocycles. The highest BCUT2D eigenvalue weighted by atomic mass is 35.5. The molecule has 1 aliphatic rings. The lowest BCUT2D eigenvalue weighted by molar-refractivity contribution is 0.346. The SMILES string of the molecule is O=S(=O)(c1ccc(F)cc1)[C@@H]1CCCN(S(=O)(=O)c2ccc(F)c(Cl)c2)C1. The highest BCUT2D eigenvalue weighted by molar-refractivity contribution is 7.92. The van der Waals surface area contributed by atoms with Gasteiger partial charge >= 0.3 is 0 Å². The van der Waals surface area contributed by atoms with Crippen LogP contribution in [0.15, 0.2) is 52.3 Å². The number of piperidine rings is 1. The monoisotopic (exact) mass is 435 g/mol. The molecule has 2 aromatic rings. The van der Waals surface area contributed by atoms with Crippen LogP contribution in [-0.2, 0) is 19.9 Å². The summed E-state index contributed by atoms with van der Waals surface area (Å²) in [7, 11) is -7.85. The molecule has 0 bridgehead atoms. The molecule has 1 fully saturated rings. The van der Waals surface area contributed by atoms with Crippen LogP contribution in [0.5, 0.6) is 0 Å². The lowest BCUT2D eigenvalue weighted by Crippen LogP contribution is -2.45. The number of hydrogen-bond acceptors (Lipinski definition) is 4. The Labute approximate surface area is 161 Å². The van der Waals surface area contributed by atoms with Gasteiger partial charge in [0.05, 0.1) is 20.1 Å². The maximum absolute atomic E-state index is 13.3. The van der Waals surface area contributed by atoms with E-state index < -0.39 is 36.7 Å². The molecular weight excluding hydrogens is 420 g/mol. The molecule has 1 atom stereocenters. The number of rotatable bonds is 4.